The van der Waals surface area contributed by atoms with Crippen molar-refractivity contribution in [2.75, 3.05) is 19.1 Å². The summed E-state index contributed by atoms with van der Waals surface area (Å²) in [6.07, 6.45) is 0.329. The second-order valence-corrected chi connectivity index (χ2v) is 14.2. The molecule has 0 radical (unpaired) electrons. The second-order valence-electron chi connectivity index (χ2n) is 12.1. The number of nitrogens with zero attached hydrogens (tertiary/aromatic N) is 5. The molecular formula is C36H39N5O5S2. The van der Waals surface area contributed by atoms with Crippen molar-refractivity contribution in [3.63, 3.8) is 0 Å². The zero-order valence-corrected chi connectivity index (χ0v) is 29.3. The SMILES string of the molecule is COC(=O)CCC1(c2c(CSCc3cc(CSc4cc(O)c5ccccc5c4)n(C)n3)nn(C)c2C)c2ccccc2N(C)C1C(=O)O. The highest BCUT2D eigenvalue weighted by molar-refractivity contribution is 7.98. The van der Waals surface area contributed by atoms with Crippen molar-refractivity contribution < 1.29 is 24.5 Å². The maximum atomic E-state index is 13.0. The van der Waals surface area contributed by atoms with E-state index in [0.717, 1.165) is 55.3 Å². The fourth-order valence-corrected chi connectivity index (χ4v) is 8.95. The summed E-state index contributed by atoms with van der Waals surface area (Å²) in [6.45, 7) is 1.97. The van der Waals surface area contributed by atoms with E-state index < -0.39 is 17.4 Å². The van der Waals surface area contributed by atoms with Crippen LogP contribution in [-0.4, -0.2) is 61.9 Å². The molecule has 0 amide bonds. The topological polar surface area (TPSA) is 123 Å². The number of aliphatic carboxylic acids is 1. The zero-order valence-electron chi connectivity index (χ0n) is 27.6. The van der Waals surface area contributed by atoms with Gasteiger partial charge < -0.3 is 19.8 Å². The van der Waals surface area contributed by atoms with Gasteiger partial charge in [0, 0.05) is 77.7 Å². The third-order valence-corrected chi connectivity index (χ3v) is 11.4. The molecule has 0 bridgehead atoms. The predicted molar refractivity (Wildman–Crippen MR) is 190 cm³/mol. The van der Waals surface area contributed by atoms with Gasteiger partial charge >= 0.3 is 11.9 Å². The quantitative estimate of drug-likeness (QED) is 0.116. The van der Waals surface area contributed by atoms with Crippen LogP contribution in [0.25, 0.3) is 10.8 Å². The highest BCUT2D eigenvalue weighted by Crippen LogP contribution is 2.53. The number of carboxylic acid groups (broad SMARTS) is 1. The van der Waals surface area contributed by atoms with Crippen LogP contribution in [0.4, 0.5) is 5.69 Å². The molecule has 3 aromatic carbocycles. The summed E-state index contributed by atoms with van der Waals surface area (Å²) >= 11 is 3.32. The van der Waals surface area contributed by atoms with Gasteiger partial charge in [0.1, 0.15) is 11.8 Å². The number of hydrogen-bond donors (Lipinski definition) is 2. The number of fused-ring (bicyclic) bond motifs is 2. The number of carbonyl (C=O) groups is 2. The van der Waals surface area contributed by atoms with Crippen LogP contribution in [0, 0.1) is 6.92 Å². The largest absolute Gasteiger partial charge is 0.507 e. The molecule has 0 fully saturated rings. The summed E-state index contributed by atoms with van der Waals surface area (Å²) in [7, 11) is 6.97. The Morgan fingerprint density at radius 3 is 2.48 bits per heavy atom. The summed E-state index contributed by atoms with van der Waals surface area (Å²) in [5, 5.41) is 32.7. The smallest absolute Gasteiger partial charge is 0.327 e. The summed E-state index contributed by atoms with van der Waals surface area (Å²) in [4.78, 5) is 28.4. The first-order valence-corrected chi connectivity index (χ1v) is 17.8. The van der Waals surface area contributed by atoms with Gasteiger partial charge in [0.25, 0.3) is 0 Å². The molecule has 1 aliphatic rings. The number of aromatic nitrogens is 4. The number of phenols is 1. The van der Waals surface area contributed by atoms with Crippen LogP contribution in [0.15, 0.2) is 71.6 Å². The Hall–Kier alpha value is -4.42. The van der Waals surface area contributed by atoms with Crippen LogP contribution in [0.2, 0.25) is 0 Å². The molecule has 2 aromatic heterocycles. The Bertz CT molecular complexity index is 2010. The molecule has 0 aliphatic carbocycles. The molecule has 0 saturated heterocycles. The van der Waals surface area contributed by atoms with Gasteiger partial charge in [0.05, 0.1) is 23.9 Å². The minimum absolute atomic E-state index is 0.0664. The Labute approximate surface area is 288 Å². The van der Waals surface area contributed by atoms with Gasteiger partial charge in [-0.1, -0.05) is 42.5 Å². The summed E-state index contributed by atoms with van der Waals surface area (Å²) in [5.74, 6) is 0.797. The van der Waals surface area contributed by atoms with Gasteiger partial charge in [-0.3, -0.25) is 14.2 Å². The number of anilines is 1. The average Bonchev–Trinajstić information content (AvgIpc) is 3.66. The van der Waals surface area contributed by atoms with Crippen molar-refractivity contribution in [3.05, 3.63) is 101 Å². The first kappa shape index (κ1) is 33.5. The van der Waals surface area contributed by atoms with Crippen LogP contribution in [0.3, 0.4) is 0 Å². The molecule has 10 nitrogen and oxygen atoms in total. The number of hydrogen-bond acceptors (Lipinski definition) is 9. The van der Waals surface area contributed by atoms with E-state index in [0.29, 0.717) is 17.3 Å². The van der Waals surface area contributed by atoms with Gasteiger partial charge in [-0.2, -0.15) is 10.2 Å². The van der Waals surface area contributed by atoms with E-state index >= 15 is 0 Å². The monoisotopic (exact) mass is 685 g/mol. The summed E-state index contributed by atoms with van der Waals surface area (Å²) in [5.41, 5.74) is 5.19. The van der Waals surface area contributed by atoms with Crippen LogP contribution in [0.5, 0.6) is 5.75 Å². The Morgan fingerprint density at radius 2 is 1.71 bits per heavy atom. The van der Waals surface area contributed by atoms with Crippen molar-refractivity contribution in [2.45, 2.75) is 53.4 Å². The number of aryl methyl sites for hydroxylation is 2. The number of methoxy groups -OCH3 is 1. The lowest BCUT2D eigenvalue weighted by atomic mass is 9.67. The van der Waals surface area contributed by atoms with Crippen molar-refractivity contribution in [3.8, 4) is 5.75 Å². The highest BCUT2D eigenvalue weighted by atomic mass is 32.2. The maximum Gasteiger partial charge on any atom is 0.327 e. The van der Waals surface area contributed by atoms with Gasteiger partial charge in [0.15, 0.2) is 0 Å². The van der Waals surface area contributed by atoms with E-state index in [9.17, 15) is 19.8 Å². The zero-order chi connectivity index (χ0) is 34.2. The fourth-order valence-electron chi connectivity index (χ4n) is 7.11. The van der Waals surface area contributed by atoms with Gasteiger partial charge in [-0.05, 0) is 48.6 Å². The van der Waals surface area contributed by atoms with Crippen LogP contribution in [0.1, 0.15) is 46.7 Å². The van der Waals surface area contributed by atoms with Crippen molar-refractivity contribution >= 4 is 51.9 Å². The number of para-hydroxylation sites is 1. The molecule has 250 valence electrons. The van der Waals surface area contributed by atoms with Crippen molar-refractivity contribution in [2.24, 2.45) is 14.1 Å². The second kappa shape index (κ2) is 13.6. The number of ether oxygens (including phenoxy) is 1. The number of carboxylic acids is 1. The molecule has 2 N–H and O–H groups in total. The highest BCUT2D eigenvalue weighted by Gasteiger charge is 2.56. The molecule has 0 spiro atoms. The summed E-state index contributed by atoms with van der Waals surface area (Å²) < 4.78 is 8.72. The van der Waals surface area contributed by atoms with Gasteiger partial charge in [-0.25, -0.2) is 4.79 Å². The standard InChI is InChI=1S/C36H39N5O5S2/c1-22-33(36(15-14-32(43)46-5)28-12-8-9-13-30(28)39(2)34(36)35(44)45)29(38-40(22)3)21-47-19-24-17-25(41(4)37-24)20-48-26-16-23-10-6-7-11-27(23)31(42)18-26/h6-13,16-18,34,42H,14-15,19-21H2,1-5H3,(H,44,45). The number of thioether (sulfide) groups is 2. The number of phenolic OH excluding ortho intramolecular Hbond substituents is 1. The minimum atomic E-state index is -1.02. The lowest BCUT2D eigenvalue weighted by molar-refractivity contribution is -0.143. The number of esters is 1. The molecule has 2 atom stereocenters. The predicted octanol–water partition coefficient (Wildman–Crippen LogP) is 6.19. The Balaban J connectivity index is 1.24. The van der Waals surface area contributed by atoms with Crippen LogP contribution < -0.4 is 4.90 Å². The summed E-state index contributed by atoms with van der Waals surface area (Å²) in [6, 6.07) is 20.6. The van der Waals surface area contributed by atoms with Gasteiger partial charge in [-0.15, -0.1) is 23.5 Å². The molecule has 2 unspecified atom stereocenters. The fraction of sp³-hybridized carbons (Fsp3) is 0.333. The van der Waals surface area contributed by atoms with E-state index in [1.807, 2.05) is 83.8 Å². The Morgan fingerprint density at radius 1 is 0.958 bits per heavy atom. The van der Waals surface area contributed by atoms with E-state index in [4.69, 9.17) is 14.9 Å². The maximum absolute atomic E-state index is 13.0. The van der Waals surface area contributed by atoms with E-state index in [1.165, 1.54) is 7.11 Å². The van der Waals surface area contributed by atoms with Crippen molar-refractivity contribution in [1.29, 1.82) is 0 Å². The lowest BCUT2D eigenvalue weighted by Gasteiger charge is -2.36. The number of likely N-dealkylation sites (N-methyl/N-ethyl adjacent to an activating group) is 1. The lowest BCUT2D eigenvalue weighted by Crippen LogP contribution is -2.50. The van der Waals surface area contributed by atoms with E-state index in [2.05, 4.69) is 12.1 Å². The molecule has 12 heteroatoms. The molecule has 48 heavy (non-hydrogen) atoms. The average molecular weight is 686 g/mol. The van der Waals surface area contributed by atoms with E-state index in [1.54, 1.807) is 36.6 Å². The number of carbonyl (C=O) groups excluding carboxylic acids is 1. The first-order valence-electron chi connectivity index (χ1n) is 15.6. The molecule has 0 saturated carbocycles. The normalized spacial score (nSPS) is 17.2. The van der Waals surface area contributed by atoms with Gasteiger partial charge in [0.2, 0.25) is 0 Å². The molecule has 6 rings (SSSR count). The number of aromatic hydroxyl groups is 1. The van der Waals surface area contributed by atoms with Crippen molar-refractivity contribution in [1.82, 2.24) is 19.6 Å². The molecule has 3 heterocycles. The van der Waals surface area contributed by atoms with E-state index in [-0.39, 0.29) is 24.6 Å². The third kappa shape index (κ3) is 6.03. The number of rotatable bonds is 12. The molecular weight excluding hydrogens is 647 g/mol. The third-order valence-electron chi connectivity index (χ3n) is 9.37. The Kier molecular flexibility index (Phi) is 9.48. The molecule has 5 aromatic rings. The number of benzene rings is 3. The first-order chi connectivity index (χ1) is 23.0. The van der Waals surface area contributed by atoms with Crippen LogP contribution in [-0.2, 0) is 51.1 Å². The van der Waals surface area contributed by atoms with Crippen LogP contribution >= 0.6 is 23.5 Å². The molecule has 1 aliphatic heterocycles. The minimum Gasteiger partial charge on any atom is -0.507 e.